The maximum atomic E-state index is 12.9. The zero-order valence-electron chi connectivity index (χ0n) is 16.9. The van der Waals surface area contributed by atoms with Crippen molar-refractivity contribution in [2.24, 2.45) is 0 Å². The summed E-state index contributed by atoms with van der Waals surface area (Å²) in [5, 5.41) is 3.41. The third kappa shape index (κ3) is 3.08. The Hall–Kier alpha value is -3.48. The van der Waals surface area contributed by atoms with Gasteiger partial charge in [0, 0.05) is 5.70 Å². The maximum absolute atomic E-state index is 12.9. The summed E-state index contributed by atoms with van der Waals surface area (Å²) in [6, 6.07) is 13.0. The lowest BCUT2D eigenvalue weighted by Crippen LogP contribution is -2.28. The van der Waals surface area contributed by atoms with Crippen LogP contribution in [0.15, 0.2) is 48.0 Å². The van der Waals surface area contributed by atoms with Crippen LogP contribution in [0.5, 0.6) is 11.5 Å². The summed E-state index contributed by atoms with van der Waals surface area (Å²) in [6.07, 6.45) is 0. The van der Waals surface area contributed by atoms with Gasteiger partial charge < -0.3 is 19.5 Å². The molecular formula is C22H23N3O4. The number of methoxy groups -OCH3 is 2. The zero-order valence-corrected chi connectivity index (χ0v) is 16.9. The lowest BCUT2D eigenvalue weighted by Gasteiger charge is -2.29. The Labute approximate surface area is 168 Å². The molecule has 1 atom stereocenters. The molecule has 2 heterocycles. The number of fused-ring (bicyclic) bond motifs is 3. The second-order valence-electron chi connectivity index (χ2n) is 6.67. The molecule has 3 aromatic rings. The van der Waals surface area contributed by atoms with Crippen molar-refractivity contribution in [3.63, 3.8) is 0 Å². The van der Waals surface area contributed by atoms with Gasteiger partial charge in [-0.25, -0.2) is 9.78 Å². The van der Waals surface area contributed by atoms with Gasteiger partial charge in [-0.15, -0.1) is 0 Å². The highest BCUT2D eigenvalue weighted by Crippen LogP contribution is 2.40. The molecule has 2 aromatic carbocycles. The van der Waals surface area contributed by atoms with E-state index in [0.717, 1.165) is 22.3 Å². The lowest BCUT2D eigenvalue weighted by atomic mass is 9.95. The number of anilines is 1. The molecule has 150 valence electrons. The van der Waals surface area contributed by atoms with Crippen molar-refractivity contribution in [1.82, 2.24) is 9.55 Å². The SMILES string of the molecule is CCOC(=O)C1=C(C)n2c(nc3ccccc32)NC1c1ccc(OC)c(OC)c1. The second kappa shape index (κ2) is 7.50. The number of aromatic nitrogens is 2. The number of hydrogen-bond acceptors (Lipinski definition) is 6. The van der Waals surface area contributed by atoms with Crippen molar-refractivity contribution in [3.8, 4) is 11.5 Å². The lowest BCUT2D eigenvalue weighted by molar-refractivity contribution is -0.138. The third-order valence-electron chi connectivity index (χ3n) is 5.08. The van der Waals surface area contributed by atoms with Crippen LogP contribution in [0.2, 0.25) is 0 Å². The van der Waals surface area contributed by atoms with E-state index in [4.69, 9.17) is 19.2 Å². The highest BCUT2D eigenvalue weighted by atomic mass is 16.5. The molecule has 1 unspecified atom stereocenters. The van der Waals surface area contributed by atoms with Crippen LogP contribution in [0.3, 0.4) is 0 Å². The van der Waals surface area contributed by atoms with Gasteiger partial charge in [0.25, 0.3) is 0 Å². The summed E-state index contributed by atoms with van der Waals surface area (Å²) in [7, 11) is 3.18. The van der Waals surface area contributed by atoms with Crippen LogP contribution in [-0.4, -0.2) is 36.3 Å². The molecule has 1 aromatic heterocycles. The van der Waals surface area contributed by atoms with Crippen LogP contribution in [-0.2, 0) is 9.53 Å². The Bertz CT molecular complexity index is 1120. The Morgan fingerprint density at radius 2 is 1.90 bits per heavy atom. The Balaban J connectivity index is 1.90. The molecule has 1 aliphatic heterocycles. The van der Waals surface area contributed by atoms with Crippen LogP contribution in [0.1, 0.15) is 25.5 Å². The van der Waals surface area contributed by atoms with Crippen LogP contribution in [0.4, 0.5) is 5.95 Å². The van der Waals surface area contributed by atoms with Crippen LogP contribution in [0.25, 0.3) is 16.7 Å². The van der Waals surface area contributed by atoms with Gasteiger partial charge in [-0.2, -0.15) is 0 Å². The number of esters is 1. The average Bonchev–Trinajstić information content (AvgIpc) is 3.12. The number of rotatable bonds is 5. The highest BCUT2D eigenvalue weighted by Gasteiger charge is 2.34. The van der Waals surface area contributed by atoms with Crippen molar-refractivity contribution in [2.75, 3.05) is 26.1 Å². The summed E-state index contributed by atoms with van der Waals surface area (Å²) in [5.74, 6) is 1.53. The van der Waals surface area contributed by atoms with Crippen LogP contribution >= 0.6 is 0 Å². The minimum absolute atomic E-state index is 0.297. The molecule has 0 aliphatic carbocycles. The molecule has 7 heteroatoms. The average molecular weight is 393 g/mol. The molecule has 0 spiro atoms. The summed E-state index contributed by atoms with van der Waals surface area (Å²) in [6.45, 7) is 4.01. The number of benzene rings is 2. The van der Waals surface area contributed by atoms with E-state index >= 15 is 0 Å². The van der Waals surface area contributed by atoms with E-state index < -0.39 is 6.04 Å². The van der Waals surface area contributed by atoms with E-state index in [1.54, 1.807) is 21.1 Å². The molecule has 0 radical (unpaired) electrons. The van der Waals surface area contributed by atoms with Crippen molar-refractivity contribution in [3.05, 3.63) is 53.6 Å². The van der Waals surface area contributed by atoms with E-state index in [9.17, 15) is 4.79 Å². The number of nitrogens with zero attached hydrogens (tertiary/aromatic N) is 2. The van der Waals surface area contributed by atoms with Crippen molar-refractivity contribution < 1.29 is 19.0 Å². The second-order valence-corrected chi connectivity index (χ2v) is 6.67. The standard InChI is InChI=1S/C22H23N3O4/c1-5-29-21(26)19-13(2)25-16-9-7-6-8-15(16)23-22(25)24-20(19)14-10-11-17(27-3)18(12-14)28-4/h6-12,20H,5H2,1-4H3,(H,23,24). The molecule has 0 saturated carbocycles. The van der Waals surface area contributed by atoms with Gasteiger partial charge in [-0.1, -0.05) is 18.2 Å². The van der Waals surface area contributed by atoms with E-state index in [-0.39, 0.29) is 5.97 Å². The summed E-state index contributed by atoms with van der Waals surface area (Å²) < 4.78 is 18.1. The van der Waals surface area contributed by atoms with Gasteiger partial charge in [0.1, 0.15) is 0 Å². The number of allylic oxidation sites excluding steroid dienone is 1. The van der Waals surface area contributed by atoms with Gasteiger partial charge in [-0.05, 0) is 43.7 Å². The van der Waals surface area contributed by atoms with E-state index in [0.29, 0.717) is 29.6 Å². The predicted molar refractivity (Wildman–Crippen MR) is 111 cm³/mol. The van der Waals surface area contributed by atoms with Gasteiger partial charge in [-0.3, -0.25) is 4.57 Å². The first-order valence-electron chi connectivity index (χ1n) is 9.43. The first-order chi connectivity index (χ1) is 14.1. The molecule has 0 saturated heterocycles. The number of nitrogens with one attached hydrogen (secondary N) is 1. The van der Waals surface area contributed by atoms with Crippen molar-refractivity contribution in [2.45, 2.75) is 19.9 Å². The molecule has 4 rings (SSSR count). The number of hydrogen-bond donors (Lipinski definition) is 1. The Morgan fingerprint density at radius 3 is 2.62 bits per heavy atom. The minimum atomic E-state index is -0.432. The molecule has 1 N–H and O–H groups in total. The van der Waals surface area contributed by atoms with Crippen molar-refractivity contribution >= 4 is 28.6 Å². The van der Waals surface area contributed by atoms with E-state index in [1.807, 2.05) is 54.0 Å². The summed E-state index contributed by atoms with van der Waals surface area (Å²) in [5.41, 5.74) is 3.95. The Morgan fingerprint density at radius 1 is 1.14 bits per heavy atom. The van der Waals surface area contributed by atoms with Crippen LogP contribution < -0.4 is 14.8 Å². The Kier molecular flexibility index (Phi) is 4.88. The fraction of sp³-hybridized carbons (Fsp3) is 0.273. The highest BCUT2D eigenvalue weighted by molar-refractivity contribution is 6.00. The van der Waals surface area contributed by atoms with Gasteiger partial charge in [0.05, 0.1) is 43.5 Å². The normalized spacial score (nSPS) is 15.7. The summed E-state index contributed by atoms with van der Waals surface area (Å²) >= 11 is 0. The predicted octanol–water partition coefficient (Wildman–Crippen LogP) is 4.01. The van der Waals surface area contributed by atoms with Gasteiger partial charge in [0.15, 0.2) is 11.5 Å². The quantitative estimate of drug-likeness (QED) is 0.660. The molecular weight excluding hydrogens is 370 g/mol. The van der Waals surface area contributed by atoms with Gasteiger partial charge >= 0.3 is 5.97 Å². The first kappa shape index (κ1) is 18.9. The number of para-hydroxylation sites is 2. The molecule has 0 amide bonds. The number of imidazole rings is 1. The number of carbonyl (C=O) groups is 1. The van der Waals surface area contributed by atoms with E-state index in [2.05, 4.69) is 5.32 Å². The van der Waals surface area contributed by atoms with Crippen molar-refractivity contribution in [1.29, 1.82) is 0 Å². The molecule has 29 heavy (non-hydrogen) atoms. The topological polar surface area (TPSA) is 74.6 Å². The molecule has 1 aliphatic rings. The maximum Gasteiger partial charge on any atom is 0.338 e. The number of ether oxygens (including phenoxy) is 3. The fourth-order valence-electron chi connectivity index (χ4n) is 3.75. The van der Waals surface area contributed by atoms with Gasteiger partial charge in [0.2, 0.25) is 5.95 Å². The van der Waals surface area contributed by atoms with E-state index in [1.165, 1.54) is 0 Å². The molecule has 7 nitrogen and oxygen atoms in total. The fourth-order valence-corrected chi connectivity index (χ4v) is 3.75. The minimum Gasteiger partial charge on any atom is -0.493 e. The third-order valence-corrected chi connectivity index (χ3v) is 5.08. The smallest absolute Gasteiger partial charge is 0.338 e. The first-order valence-corrected chi connectivity index (χ1v) is 9.43. The molecule has 0 fully saturated rings. The number of carbonyl (C=O) groups excluding carboxylic acids is 1. The van der Waals surface area contributed by atoms with Crippen LogP contribution in [0, 0.1) is 0 Å². The monoisotopic (exact) mass is 393 g/mol. The summed E-state index contributed by atoms with van der Waals surface area (Å²) in [4.78, 5) is 17.6. The zero-order chi connectivity index (χ0) is 20.5. The molecule has 0 bridgehead atoms. The largest absolute Gasteiger partial charge is 0.493 e.